The summed E-state index contributed by atoms with van der Waals surface area (Å²) in [6.07, 6.45) is -2.56. The number of fused-ring (bicyclic) bond motifs is 1. The minimum Gasteiger partial charge on any atom is -0.489 e. The van der Waals surface area contributed by atoms with Crippen LogP contribution in [0.1, 0.15) is 16.8 Å². The maximum Gasteiger partial charge on any atom is 0.255 e. The van der Waals surface area contributed by atoms with E-state index in [0.717, 1.165) is 0 Å². The van der Waals surface area contributed by atoms with E-state index in [0.29, 0.717) is 30.2 Å². The van der Waals surface area contributed by atoms with Gasteiger partial charge in [0.25, 0.3) is 12.3 Å². The van der Waals surface area contributed by atoms with Crippen LogP contribution >= 0.6 is 0 Å². The number of likely N-dealkylation sites (N-methyl/N-ethyl adjacent to an activating group) is 1. The van der Waals surface area contributed by atoms with Crippen molar-refractivity contribution in [2.24, 2.45) is 0 Å². The molecule has 1 aliphatic rings. The van der Waals surface area contributed by atoms with Crippen LogP contribution in [0.4, 0.5) is 14.5 Å². The predicted octanol–water partition coefficient (Wildman–Crippen LogP) is 1.03. The Labute approximate surface area is 150 Å². The summed E-state index contributed by atoms with van der Waals surface area (Å²) >= 11 is 0. The van der Waals surface area contributed by atoms with Crippen LogP contribution in [0.15, 0.2) is 18.2 Å². The minimum atomic E-state index is -2.58. The highest BCUT2D eigenvalue weighted by Gasteiger charge is 2.27. The summed E-state index contributed by atoms with van der Waals surface area (Å²) in [5.74, 6) is -0.108. The lowest BCUT2D eigenvalue weighted by molar-refractivity contribution is -0.122. The van der Waals surface area contributed by atoms with Crippen molar-refractivity contribution in [1.82, 2.24) is 10.6 Å². The molecule has 2 amide bonds. The smallest absolute Gasteiger partial charge is 0.255 e. The zero-order valence-electron chi connectivity index (χ0n) is 14.8. The van der Waals surface area contributed by atoms with E-state index in [9.17, 15) is 18.4 Å². The van der Waals surface area contributed by atoms with Gasteiger partial charge in [-0.2, -0.15) is 0 Å². The van der Waals surface area contributed by atoms with Crippen LogP contribution in [-0.4, -0.2) is 64.7 Å². The first-order chi connectivity index (χ1) is 12.4. The van der Waals surface area contributed by atoms with Crippen molar-refractivity contribution in [3.8, 4) is 5.75 Å². The van der Waals surface area contributed by atoms with Crippen LogP contribution in [0.25, 0.3) is 0 Å². The van der Waals surface area contributed by atoms with Crippen molar-refractivity contribution in [1.29, 1.82) is 0 Å². The number of hydrogen-bond acceptors (Lipinski definition) is 5. The fourth-order valence-electron chi connectivity index (χ4n) is 2.59. The van der Waals surface area contributed by atoms with Gasteiger partial charge < -0.3 is 25.0 Å². The second kappa shape index (κ2) is 9.33. The third kappa shape index (κ3) is 5.29. The van der Waals surface area contributed by atoms with Gasteiger partial charge in [0.2, 0.25) is 5.91 Å². The van der Waals surface area contributed by atoms with Gasteiger partial charge in [-0.05, 0) is 18.2 Å². The standard InChI is InChI=1S/C17H23F2N3O4/c1-22-12(8-16(23)21-9-15(18)19)10-26-14-4-3-11(7-13(14)22)17(24)20-5-6-25-2/h3-4,7,12,15H,5-6,8-10H2,1-2H3,(H,20,24)(H,21,23). The molecule has 1 aromatic rings. The Morgan fingerprint density at radius 3 is 2.85 bits per heavy atom. The molecule has 0 spiro atoms. The van der Waals surface area contributed by atoms with Crippen molar-refractivity contribution in [2.45, 2.75) is 18.9 Å². The van der Waals surface area contributed by atoms with Crippen LogP contribution < -0.4 is 20.3 Å². The predicted molar refractivity (Wildman–Crippen MR) is 92.0 cm³/mol. The number of amides is 2. The van der Waals surface area contributed by atoms with Gasteiger partial charge in [-0.3, -0.25) is 9.59 Å². The Morgan fingerprint density at radius 1 is 1.38 bits per heavy atom. The molecule has 144 valence electrons. The minimum absolute atomic E-state index is 0.0208. The number of rotatable bonds is 8. The Kier molecular flexibility index (Phi) is 7.14. The highest BCUT2D eigenvalue weighted by molar-refractivity contribution is 5.95. The summed E-state index contributed by atoms with van der Waals surface area (Å²) in [6.45, 7) is 0.394. The SMILES string of the molecule is COCCNC(=O)c1ccc2c(c1)N(C)C(CC(=O)NCC(F)F)CO2. The second-order valence-electron chi connectivity index (χ2n) is 5.91. The molecule has 2 rings (SSSR count). The number of alkyl halides is 2. The highest BCUT2D eigenvalue weighted by atomic mass is 19.3. The van der Waals surface area contributed by atoms with E-state index in [1.807, 2.05) is 4.90 Å². The van der Waals surface area contributed by atoms with Crippen LogP contribution in [0.5, 0.6) is 5.75 Å². The summed E-state index contributed by atoms with van der Waals surface area (Å²) in [5.41, 5.74) is 1.13. The van der Waals surface area contributed by atoms with Gasteiger partial charge in [0, 0.05) is 26.3 Å². The Hall–Kier alpha value is -2.42. The van der Waals surface area contributed by atoms with E-state index in [1.165, 1.54) is 0 Å². The number of methoxy groups -OCH3 is 1. The molecule has 0 fully saturated rings. The second-order valence-corrected chi connectivity index (χ2v) is 5.91. The molecule has 0 saturated carbocycles. The normalized spacial score (nSPS) is 16.0. The number of carbonyl (C=O) groups is 2. The molecule has 7 nitrogen and oxygen atoms in total. The lowest BCUT2D eigenvalue weighted by atomic mass is 10.1. The third-order valence-electron chi connectivity index (χ3n) is 4.05. The van der Waals surface area contributed by atoms with Crippen LogP contribution in [0, 0.1) is 0 Å². The molecule has 0 radical (unpaired) electrons. The van der Waals surface area contributed by atoms with Crippen molar-refractivity contribution in [3.63, 3.8) is 0 Å². The molecule has 1 heterocycles. The van der Waals surface area contributed by atoms with Crippen LogP contribution in [0.3, 0.4) is 0 Å². The number of anilines is 1. The van der Waals surface area contributed by atoms with E-state index >= 15 is 0 Å². The van der Waals surface area contributed by atoms with Crippen molar-refractivity contribution < 1.29 is 27.8 Å². The molecular formula is C17H23F2N3O4. The van der Waals surface area contributed by atoms with E-state index in [2.05, 4.69) is 10.6 Å². The number of halogens is 2. The molecule has 2 N–H and O–H groups in total. The summed E-state index contributed by atoms with van der Waals surface area (Å²) in [5, 5.41) is 4.92. The Bertz CT molecular complexity index is 642. The molecule has 0 aromatic heterocycles. The maximum absolute atomic E-state index is 12.2. The molecule has 1 aliphatic heterocycles. The molecule has 26 heavy (non-hydrogen) atoms. The fraction of sp³-hybridized carbons (Fsp3) is 0.529. The molecule has 0 saturated heterocycles. The highest BCUT2D eigenvalue weighted by Crippen LogP contribution is 2.34. The van der Waals surface area contributed by atoms with Gasteiger partial charge in [-0.1, -0.05) is 0 Å². The monoisotopic (exact) mass is 371 g/mol. The largest absolute Gasteiger partial charge is 0.489 e. The third-order valence-corrected chi connectivity index (χ3v) is 4.05. The first-order valence-electron chi connectivity index (χ1n) is 8.24. The van der Waals surface area contributed by atoms with Crippen molar-refractivity contribution in [2.75, 3.05) is 45.4 Å². The van der Waals surface area contributed by atoms with E-state index < -0.39 is 18.9 Å². The number of carbonyl (C=O) groups excluding carboxylic acids is 2. The number of benzene rings is 1. The average Bonchev–Trinajstić information content (AvgIpc) is 2.62. The lowest BCUT2D eigenvalue weighted by Gasteiger charge is -2.35. The van der Waals surface area contributed by atoms with Gasteiger partial charge in [0.15, 0.2) is 0 Å². The van der Waals surface area contributed by atoms with Crippen molar-refractivity contribution in [3.05, 3.63) is 23.8 Å². The van der Waals surface area contributed by atoms with E-state index in [-0.39, 0.29) is 25.0 Å². The summed E-state index contributed by atoms with van der Waals surface area (Å²) in [7, 11) is 3.33. The molecular weight excluding hydrogens is 348 g/mol. The molecule has 9 heteroatoms. The van der Waals surface area contributed by atoms with Gasteiger partial charge >= 0.3 is 0 Å². The van der Waals surface area contributed by atoms with Gasteiger partial charge in [-0.15, -0.1) is 0 Å². The first-order valence-corrected chi connectivity index (χ1v) is 8.24. The van der Waals surface area contributed by atoms with Crippen LogP contribution in [-0.2, 0) is 9.53 Å². The van der Waals surface area contributed by atoms with Gasteiger partial charge in [0.05, 0.1) is 31.3 Å². The zero-order chi connectivity index (χ0) is 19.1. The van der Waals surface area contributed by atoms with Crippen LogP contribution in [0.2, 0.25) is 0 Å². The average molecular weight is 371 g/mol. The number of nitrogens with one attached hydrogen (secondary N) is 2. The molecule has 1 aromatic carbocycles. The van der Waals surface area contributed by atoms with E-state index in [1.54, 1.807) is 32.4 Å². The topological polar surface area (TPSA) is 79.9 Å². The molecule has 1 unspecified atom stereocenters. The lowest BCUT2D eigenvalue weighted by Crippen LogP contribution is -2.44. The summed E-state index contributed by atoms with van der Waals surface area (Å²) in [6, 6.07) is 4.72. The first kappa shape index (κ1) is 19.9. The number of nitrogens with zero attached hydrogens (tertiary/aromatic N) is 1. The van der Waals surface area contributed by atoms with Gasteiger partial charge in [0.1, 0.15) is 12.4 Å². The van der Waals surface area contributed by atoms with Gasteiger partial charge in [-0.25, -0.2) is 8.78 Å². The van der Waals surface area contributed by atoms with Crippen molar-refractivity contribution >= 4 is 17.5 Å². The maximum atomic E-state index is 12.2. The summed E-state index contributed by atoms with van der Waals surface area (Å²) in [4.78, 5) is 25.8. The Balaban J connectivity index is 2.03. The fourth-order valence-corrected chi connectivity index (χ4v) is 2.59. The quantitative estimate of drug-likeness (QED) is 0.668. The zero-order valence-corrected chi connectivity index (χ0v) is 14.8. The Morgan fingerprint density at radius 2 is 2.15 bits per heavy atom. The molecule has 0 aliphatic carbocycles. The molecule has 1 atom stereocenters. The van der Waals surface area contributed by atoms with E-state index in [4.69, 9.17) is 9.47 Å². The molecule has 0 bridgehead atoms. The number of hydrogen-bond donors (Lipinski definition) is 2. The number of ether oxygens (including phenoxy) is 2. The summed E-state index contributed by atoms with van der Waals surface area (Å²) < 4.78 is 34.9.